The summed E-state index contributed by atoms with van der Waals surface area (Å²) in [5, 5.41) is 9.94. The Hall–Kier alpha value is -2.03. The number of benzene rings is 1. The summed E-state index contributed by atoms with van der Waals surface area (Å²) in [6.45, 7) is 6.19. The molecule has 3 heteroatoms. The lowest BCUT2D eigenvalue weighted by Gasteiger charge is -2.13. The van der Waals surface area contributed by atoms with Crippen LogP contribution in [-0.4, -0.2) is 15.6 Å². The van der Waals surface area contributed by atoms with Gasteiger partial charge in [-0.15, -0.1) is 0 Å². The normalized spacial score (nSPS) is 13.7. The molecule has 100 valence electrons. The number of rotatable bonds is 4. The summed E-state index contributed by atoms with van der Waals surface area (Å²) in [5.41, 5.74) is 2.92. The topological polar surface area (TPSA) is 42.2 Å². The fourth-order valence-electron chi connectivity index (χ4n) is 2.26. The molecule has 0 amide bonds. The Balaban J connectivity index is 2.46. The van der Waals surface area contributed by atoms with Crippen LogP contribution in [0.3, 0.4) is 0 Å². The maximum Gasteiger partial charge on any atom is 0.328 e. The molecule has 1 aromatic heterocycles. The molecule has 3 nitrogen and oxygen atoms in total. The maximum atomic E-state index is 10.7. The summed E-state index contributed by atoms with van der Waals surface area (Å²) in [4.78, 5) is 10.7. The van der Waals surface area contributed by atoms with E-state index in [1.54, 1.807) is 0 Å². The van der Waals surface area contributed by atoms with Crippen molar-refractivity contribution in [2.45, 2.75) is 33.2 Å². The molecule has 0 bridgehead atoms. The summed E-state index contributed by atoms with van der Waals surface area (Å²) in [5.74, 6) is -0.908. The smallest absolute Gasteiger partial charge is 0.328 e. The molecule has 0 aliphatic heterocycles. The first-order chi connectivity index (χ1) is 9.02. The fourth-order valence-corrected chi connectivity index (χ4v) is 2.26. The van der Waals surface area contributed by atoms with Crippen LogP contribution in [0.1, 0.15) is 38.8 Å². The van der Waals surface area contributed by atoms with Crippen LogP contribution in [0.2, 0.25) is 0 Å². The molecular weight excluding hydrogens is 238 g/mol. The van der Waals surface area contributed by atoms with Gasteiger partial charge in [-0.05, 0) is 49.6 Å². The lowest BCUT2D eigenvalue weighted by molar-refractivity contribution is -0.131. The van der Waals surface area contributed by atoms with Gasteiger partial charge in [0.15, 0.2) is 0 Å². The molecule has 0 radical (unpaired) electrons. The first kappa shape index (κ1) is 13.4. The van der Waals surface area contributed by atoms with Crippen molar-refractivity contribution >= 4 is 22.4 Å². The number of aromatic nitrogens is 1. The second-order valence-corrected chi connectivity index (χ2v) is 4.92. The van der Waals surface area contributed by atoms with Gasteiger partial charge >= 0.3 is 5.97 Å². The van der Waals surface area contributed by atoms with Crippen LogP contribution in [0, 0.1) is 0 Å². The molecule has 2 rings (SSSR count). The predicted octanol–water partition coefficient (Wildman–Crippen LogP) is 4.10. The monoisotopic (exact) mass is 257 g/mol. The highest BCUT2D eigenvalue weighted by atomic mass is 16.4. The second-order valence-electron chi connectivity index (χ2n) is 4.92. The van der Waals surface area contributed by atoms with Gasteiger partial charge in [0.25, 0.3) is 0 Å². The van der Waals surface area contributed by atoms with Crippen molar-refractivity contribution in [3.63, 3.8) is 0 Å². The van der Waals surface area contributed by atoms with Gasteiger partial charge in [0.1, 0.15) is 0 Å². The standard InChI is InChI=1S/C16H19NO2/c1-4-12(3)17-8-7-14-10-13(5-6-15(14)17)11(2)9-16(18)19/h5-10,12H,4H2,1-3H3,(H,18,19). The van der Waals surface area contributed by atoms with Crippen LogP contribution in [0.15, 0.2) is 36.5 Å². The van der Waals surface area contributed by atoms with Crippen molar-refractivity contribution in [1.29, 1.82) is 0 Å². The Morgan fingerprint density at radius 1 is 1.42 bits per heavy atom. The summed E-state index contributed by atoms with van der Waals surface area (Å²) in [7, 11) is 0. The number of carboxylic acid groups (broad SMARTS) is 1. The Morgan fingerprint density at radius 2 is 2.16 bits per heavy atom. The number of allylic oxidation sites excluding steroid dienone is 1. The molecule has 0 aliphatic carbocycles. The highest BCUT2D eigenvalue weighted by molar-refractivity contribution is 5.91. The van der Waals surface area contributed by atoms with Crippen LogP contribution >= 0.6 is 0 Å². The summed E-state index contributed by atoms with van der Waals surface area (Å²) in [6, 6.07) is 8.65. The molecule has 0 fully saturated rings. The zero-order chi connectivity index (χ0) is 14.0. The van der Waals surface area contributed by atoms with Crippen molar-refractivity contribution in [3.05, 3.63) is 42.1 Å². The van der Waals surface area contributed by atoms with Crippen molar-refractivity contribution in [2.75, 3.05) is 0 Å². The minimum Gasteiger partial charge on any atom is -0.478 e. The highest BCUT2D eigenvalue weighted by Gasteiger charge is 2.07. The minimum absolute atomic E-state index is 0.471. The molecule has 0 spiro atoms. The largest absolute Gasteiger partial charge is 0.478 e. The lowest BCUT2D eigenvalue weighted by atomic mass is 10.1. The Morgan fingerprint density at radius 3 is 2.79 bits per heavy atom. The third-order valence-electron chi connectivity index (χ3n) is 3.58. The van der Waals surface area contributed by atoms with E-state index in [4.69, 9.17) is 5.11 Å². The number of aliphatic carboxylic acids is 1. The second kappa shape index (κ2) is 5.31. The van der Waals surface area contributed by atoms with E-state index in [-0.39, 0.29) is 0 Å². The van der Waals surface area contributed by atoms with Crippen molar-refractivity contribution in [1.82, 2.24) is 4.57 Å². The number of carbonyl (C=O) groups is 1. The molecule has 1 atom stereocenters. The number of carboxylic acids is 1. The lowest BCUT2D eigenvalue weighted by Crippen LogP contribution is -2.01. The molecule has 1 aromatic carbocycles. The zero-order valence-electron chi connectivity index (χ0n) is 11.6. The molecule has 1 heterocycles. The average Bonchev–Trinajstić information content (AvgIpc) is 2.79. The number of fused-ring (bicyclic) bond motifs is 1. The van der Waals surface area contributed by atoms with E-state index < -0.39 is 5.97 Å². The molecule has 19 heavy (non-hydrogen) atoms. The SMILES string of the molecule is CCC(C)n1ccc2cc(C(C)=CC(=O)O)ccc21. The van der Waals surface area contributed by atoms with Crippen molar-refractivity contribution in [2.24, 2.45) is 0 Å². The van der Waals surface area contributed by atoms with E-state index in [2.05, 4.69) is 36.7 Å². The summed E-state index contributed by atoms with van der Waals surface area (Å²) >= 11 is 0. The van der Waals surface area contributed by atoms with Gasteiger partial charge in [-0.25, -0.2) is 4.79 Å². The Labute approximate surface area is 113 Å². The number of hydrogen-bond donors (Lipinski definition) is 1. The maximum absolute atomic E-state index is 10.7. The summed E-state index contributed by atoms with van der Waals surface area (Å²) < 4.78 is 2.26. The van der Waals surface area contributed by atoms with E-state index >= 15 is 0 Å². The van der Waals surface area contributed by atoms with E-state index in [1.165, 1.54) is 11.6 Å². The van der Waals surface area contributed by atoms with E-state index in [9.17, 15) is 4.79 Å². The van der Waals surface area contributed by atoms with Gasteiger partial charge in [0.2, 0.25) is 0 Å². The van der Waals surface area contributed by atoms with Gasteiger partial charge in [0, 0.05) is 29.2 Å². The molecular formula is C16H19NO2. The first-order valence-corrected chi connectivity index (χ1v) is 6.55. The molecule has 0 aliphatic rings. The molecule has 1 unspecified atom stereocenters. The average molecular weight is 257 g/mol. The van der Waals surface area contributed by atoms with E-state index in [0.29, 0.717) is 6.04 Å². The molecule has 0 saturated carbocycles. The molecule has 1 N–H and O–H groups in total. The number of hydrogen-bond acceptors (Lipinski definition) is 1. The first-order valence-electron chi connectivity index (χ1n) is 6.55. The highest BCUT2D eigenvalue weighted by Crippen LogP contribution is 2.25. The van der Waals surface area contributed by atoms with Crippen LogP contribution in [0.25, 0.3) is 16.5 Å². The predicted molar refractivity (Wildman–Crippen MR) is 78.2 cm³/mol. The quantitative estimate of drug-likeness (QED) is 0.838. The van der Waals surface area contributed by atoms with Crippen molar-refractivity contribution < 1.29 is 9.90 Å². The van der Waals surface area contributed by atoms with Crippen LogP contribution in [0.4, 0.5) is 0 Å². The van der Waals surface area contributed by atoms with E-state index in [0.717, 1.165) is 22.9 Å². The molecule has 2 aromatic rings. The van der Waals surface area contributed by atoms with Crippen LogP contribution in [0.5, 0.6) is 0 Å². The van der Waals surface area contributed by atoms with Crippen LogP contribution in [-0.2, 0) is 4.79 Å². The minimum atomic E-state index is -0.908. The zero-order valence-corrected chi connectivity index (χ0v) is 11.6. The summed E-state index contributed by atoms with van der Waals surface area (Å²) in [6.07, 6.45) is 4.43. The molecule has 0 saturated heterocycles. The Bertz CT molecular complexity index is 637. The van der Waals surface area contributed by atoms with Gasteiger partial charge in [-0.2, -0.15) is 0 Å². The van der Waals surface area contributed by atoms with E-state index in [1.807, 2.05) is 19.1 Å². The van der Waals surface area contributed by atoms with Crippen LogP contribution < -0.4 is 0 Å². The van der Waals surface area contributed by atoms with Crippen molar-refractivity contribution in [3.8, 4) is 0 Å². The third-order valence-corrected chi connectivity index (χ3v) is 3.58. The van der Waals surface area contributed by atoms with Gasteiger partial charge < -0.3 is 9.67 Å². The van der Waals surface area contributed by atoms with Gasteiger partial charge in [-0.3, -0.25) is 0 Å². The van der Waals surface area contributed by atoms with Gasteiger partial charge in [-0.1, -0.05) is 13.0 Å². The fraction of sp³-hybridized carbons (Fsp3) is 0.312. The van der Waals surface area contributed by atoms with Gasteiger partial charge in [0.05, 0.1) is 0 Å². The number of nitrogens with zero attached hydrogens (tertiary/aromatic N) is 1. The Kier molecular flexibility index (Phi) is 3.74. The third kappa shape index (κ3) is 2.70.